The predicted molar refractivity (Wildman–Crippen MR) is 88.4 cm³/mol. The molecule has 1 heterocycles. The molecule has 22 heavy (non-hydrogen) atoms. The molecule has 1 saturated heterocycles. The van der Waals surface area contributed by atoms with Crippen molar-refractivity contribution in [1.29, 1.82) is 0 Å². The molecule has 1 aliphatic carbocycles. The molecule has 2 aliphatic rings. The van der Waals surface area contributed by atoms with Crippen molar-refractivity contribution in [2.45, 2.75) is 19.4 Å². The van der Waals surface area contributed by atoms with Gasteiger partial charge in [0, 0.05) is 18.2 Å². The van der Waals surface area contributed by atoms with Gasteiger partial charge >= 0.3 is 0 Å². The number of carbonyl (C=O) groups excluding carboxylic acids is 1. The van der Waals surface area contributed by atoms with Gasteiger partial charge < -0.3 is 4.90 Å². The lowest BCUT2D eigenvalue weighted by molar-refractivity contribution is 0.0737. The van der Waals surface area contributed by atoms with Gasteiger partial charge in [0.2, 0.25) is 0 Å². The summed E-state index contributed by atoms with van der Waals surface area (Å²) in [6.45, 7) is 7.15. The van der Waals surface area contributed by atoms with Gasteiger partial charge in [-0.2, -0.15) is 0 Å². The van der Waals surface area contributed by atoms with Crippen LogP contribution in [0, 0.1) is 25.7 Å². The van der Waals surface area contributed by atoms with Gasteiger partial charge in [-0.15, -0.1) is 0 Å². The molecule has 4 rings (SSSR count). The predicted octanol–water partition coefficient (Wildman–Crippen LogP) is 3.96. The lowest BCUT2D eigenvalue weighted by atomic mass is 9.96. The second-order valence-corrected chi connectivity index (χ2v) is 6.60. The minimum atomic E-state index is 0.131. The molecule has 1 amide bonds. The second-order valence-electron chi connectivity index (χ2n) is 6.60. The fourth-order valence-corrected chi connectivity index (χ4v) is 3.66. The summed E-state index contributed by atoms with van der Waals surface area (Å²) in [6.07, 6.45) is 1.25. The summed E-state index contributed by atoms with van der Waals surface area (Å²) in [4.78, 5) is 15.0. The van der Waals surface area contributed by atoms with E-state index >= 15 is 0 Å². The largest absolute Gasteiger partial charge is 0.335 e. The summed E-state index contributed by atoms with van der Waals surface area (Å²) in [6, 6.07) is 16.4. The zero-order valence-electron chi connectivity index (χ0n) is 12.8. The van der Waals surface area contributed by atoms with Gasteiger partial charge in [-0.05, 0) is 49.3 Å². The molecule has 0 bridgehead atoms. The van der Waals surface area contributed by atoms with E-state index in [0.29, 0.717) is 11.8 Å². The third-order valence-corrected chi connectivity index (χ3v) is 5.05. The van der Waals surface area contributed by atoms with E-state index in [1.165, 1.54) is 12.0 Å². The number of amides is 1. The van der Waals surface area contributed by atoms with E-state index in [9.17, 15) is 4.79 Å². The lowest BCUT2D eigenvalue weighted by Gasteiger charge is -2.25. The molecule has 0 spiro atoms. The number of hydrogen-bond acceptors (Lipinski definition) is 1. The van der Waals surface area contributed by atoms with Gasteiger partial charge in [0.05, 0.1) is 0 Å². The van der Waals surface area contributed by atoms with E-state index in [4.69, 9.17) is 0 Å². The summed E-state index contributed by atoms with van der Waals surface area (Å²) in [5.41, 5.74) is 4.09. The van der Waals surface area contributed by atoms with Crippen LogP contribution in [0.15, 0.2) is 48.5 Å². The van der Waals surface area contributed by atoms with Crippen LogP contribution in [0.3, 0.4) is 0 Å². The molecular formula is C20H20NO. The number of rotatable bonds is 2. The number of hydrogen-bond donors (Lipinski definition) is 0. The van der Waals surface area contributed by atoms with Crippen molar-refractivity contribution in [2.24, 2.45) is 11.8 Å². The van der Waals surface area contributed by atoms with Crippen LogP contribution in [0.4, 0.5) is 0 Å². The number of fused-ring (bicyclic) bond motifs is 1. The van der Waals surface area contributed by atoms with Crippen LogP contribution >= 0.6 is 0 Å². The Hall–Kier alpha value is -2.09. The molecule has 111 valence electrons. The van der Waals surface area contributed by atoms with E-state index in [1.54, 1.807) is 0 Å². The number of benzene rings is 2. The van der Waals surface area contributed by atoms with E-state index in [0.717, 1.165) is 23.2 Å². The molecule has 3 atom stereocenters. The van der Waals surface area contributed by atoms with Gasteiger partial charge in [-0.25, -0.2) is 0 Å². The number of carbonyl (C=O) groups is 1. The van der Waals surface area contributed by atoms with Gasteiger partial charge in [-0.3, -0.25) is 4.79 Å². The van der Waals surface area contributed by atoms with Crippen LogP contribution in [0.25, 0.3) is 11.1 Å². The summed E-state index contributed by atoms with van der Waals surface area (Å²) < 4.78 is 0. The van der Waals surface area contributed by atoms with Gasteiger partial charge in [0.25, 0.3) is 5.91 Å². The molecule has 2 fully saturated rings. The van der Waals surface area contributed by atoms with E-state index in [1.807, 2.05) is 35.2 Å². The fraction of sp³-hybridized carbons (Fsp3) is 0.300. The highest BCUT2D eigenvalue weighted by Crippen LogP contribution is 2.49. The Bertz CT molecular complexity index is 722. The van der Waals surface area contributed by atoms with Gasteiger partial charge in [0.15, 0.2) is 0 Å². The summed E-state index contributed by atoms with van der Waals surface area (Å²) >= 11 is 0. The van der Waals surface area contributed by atoms with Gasteiger partial charge in [-0.1, -0.05) is 48.0 Å². The average Bonchev–Trinajstić information content (AvgIpc) is 3.25. The zero-order chi connectivity index (χ0) is 15.3. The Kier molecular flexibility index (Phi) is 3.07. The normalized spacial score (nSPS) is 25.9. The van der Waals surface area contributed by atoms with Crippen LogP contribution in [0.2, 0.25) is 0 Å². The Morgan fingerprint density at radius 2 is 1.95 bits per heavy atom. The quantitative estimate of drug-likeness (QED) is 0.820. The first-order valence-corrected chi connectivity index (χ1v) is 7.95. The van der Waals surface area contributed by atoms with Gasteiger partial charge in [0.1, 0.15) is 0 Å². The van der Waals surface area contributed by atoms with Crippen molar-refractivity contribution >= 4 is 5.91 Å². The van der Waals surface area contributed by atoms with E-state index in [-0.39, 0.29) is 11.9 Å². The van der Waals surface area contributed by atoms with Crippen LogP contribution in [0.5, 0.6) is 0 Å². The molecule has 0 unspecified atom stereocenters. The first-order chi connectivity index (χ1) is 10.6. The molecule has 2 heteroatoms. The Balaban J connectivity index is 1.74. The van der Waals surface area contributed by atoms with Crippen molar-refractivity contribution in [1.82, 2.24) is 4.90 Å². The Labute approximate surface area is 131 Å². The van der Waals surface area contributed by atoms with Crippen LogP contribution < -0.4 is 0 Å². The summed E-state index contributed by atoms with van der Waals surface area (Å²) in [7, 11) is 0. The minimum absolute atomic E-state index is 0.131. The standard InChI is InChI=1S/C20H20NO/c1-13-8-9-17(19(10-13)15-6-4-3-5-7-15)20(22)21-12-16-11-18(16)14(21)2/h3-10,14,16,18H,2,11-12H2,1H3/t14-,16+,18-/m0/s1. The molecule has 1 aliphatic heterocycles. The molecule has 1 radical (unpaired) electrons. The van der Waals surface area contributed by atoms with Crippen LogP contribution in [-0.4, -0.2) is 23.4 Å². The summed E-state index contributed by atoms with van der Waals surface area (Å²) in [5.74, 6) is 1.46. The minimum Gasteiger partial charge on any atom is -0.335 e. The van der Waals surface area contributed by atoms with Crippen molar-refractivity contribution in [3.8, 4) is 11.1 Å². The van der Waals surface area contributed by atoms with E-state index < -0.39 is 0 Å². The lowest BCUT2D eigenvalue weighted by Crippen LogP contribution is -2.37. The number of nitrogens with zero attached hydrogens (tertiary/aromatic N) is 1. The summed E-state index contributed by atoms with van der Waals surface area (Å²) in [5, 5.41) is 0. The Morgan fingerprint density at radius 1 is 1.18 bits per heavy atom. The van der Waals surface area contributed by atoms with Crippen molar-refractivity contribution < 1.29 is 4.79 Å². The smallest absolute Gasteiger partial charge is 0.254 e. The molecular weight excluding hydrogens is 270 g/mol. The first-order valence-electron chi connectivity index (χ1n) is 7.95. The molecule has 1 saturated carbocycles. The third kappa shape index (κ3) is 2.14. The second kappa shape index (κ2) is 4.98. The van der Waals surface area contributed by atoms with Crippen molar-refractivity contribution in [3.63, 3.8) is 0 Å². The maximum absolute atomic E-state index is 13.0. The first kappa shape index (κ1) is 13.6. The van der Waals surface area contributed by atoms with Crippen molar-refractivity contribution in [2.75, 3.05) is 6.54 Å². The van der Waals surface area contributed by atoms with Crippen LogP contribution in [0.1, 0.15) is 22.3 Å². The maximum atomic E-state index is 13.0. The maximum Gasteiger partial charge on any atom is 0.254 e. The zero-order valence-corrected chi connectivity index (χ0v) is 12.8. The SMILES string of the molecule is [CH2][C@H]1[C@@H]2C[C@@H]2CN1C(=O)c1ccc(C)cc1-c1ccccc1. The highest BCUT2D eigenvalue weighted by atomic mass is 16.2. The Morgan fingerprint density at radius 3 is 2.64 bits per heavy atom. The molecule has 2 aromatic carbocycles. The third-order valence-electron chi connectivity index (χ3n) is 5.05. The highest BCUT2D eigenvalue weighted by molar-refractivity contribution is 6.01. The van der Waals surface area contributed by atoms with E-state index in [2.05, 4.69) is 32.0 Å². The molecule has 0 aromatic heterocycles. The fourth-order valence-electron chi connectivity index (χ4n) is 3.66. The number of piperidine rings is 1. The number of aryl methyl sites for hydroxylation is 1. The topological polar surface area (TPSA) is 20.3 Å². The molecule has 2 nitrogen and oxygen atoms in total. The molecule has 2 aromatic rings. The van der Waals surface area contributed by atoms with Crippen LogP contribution in [-0.2, 0) is 0 Å². The molecule has 0 N–H and O–H groups in total. The monoisotopic (exact) mass is 290 g/mol. The average molecular weight is 290 g/mol. The van der Waals surface area contributed by atoms with Crippen molar-refractivity contribution in [3.05, 3.63) is 66.6 Å². The number of likely N-dealkylation sites (tertiary alicyclic amines) is 1. The highest BCUT2D eigenvalue weighted by Gasteiger charge is 2.52.